The van der Waals surface area contributed by atoms with Crippen molar-refractivity contribution in [2.45, 2.75) is 37.7 Å². The Labute approximate surface area is 139 Å². The topological polar surface area (TPSA) is 20.2 Å². The van der Waals surface area contributed by atoms with Crippen LogP contribution >= 0.6 is 27.5 Å². The summed E-state index contributed by atoms with van der Waals surface area (Å²) in [5, 5.41) is 11.2. The molecule has 3 rings (SSSR count). The Morgan fingerprint density at radius 1 is 1.24 bits per heavy atom. The minimum Gasteiger partial charge on any atom is -0.388 e. The minimum absolute atomic E-state index is 0.444. The van der Waals surface area contributed by atoms with E-state index in [1.165, 1.54) is 17.5 Å². The van der Waals surface area contributed by atoms with Crippen LogP contribution in [0.5, 0.6) is 0 Å². The Bertz CT molecular complexity index is 641. The fourth-order valence-corrected chi connectivity index (χ4v) is 3.74. The lowest BCUT2D eigenvalue weighted by Gasteiger charge is -2.27. The molecule has 0 bridgehead atoms. The number of hydrogen-bond donors (Lipinski definition) is 1. The average molecular weight is 366 g/mol. The average Bonchev–Trinajstić information content (AvgIpc) is 2.50. The van der Waals surface area contributed by atoms with Crippen molar-refractivity contribution < 1.29 is 5.11 Å². The van der Waals surface area contributed by atoms with Gasteiger partial charge in [0.15, 0.2) is 0 Å². The summed E-state index contributed by atoms with van der Waals surface area (Å²) in [5.41, 5.74) is 3.78. The third-order valence-corrected chi connectivity index (χ3v) is 5.54. The van der Waals surface area contributed by atoms with Gasteiger partial charge in [0.05, 0.1) is 11.1 Å². The van der Waals surface area contributed by atoms with E-state index in [-0.39, 0.29) is 0 Å². The van der Waals surface area contributed by atoms with Crippen LogP contribution in [-0.4, -0.2) is 5.11 Å². The molecule has 1 N–H and O–H groups in total. The molecule has 0 fully saturated rings. The minimum atomic E-state index is -0.449. The van der Waals surface area contributed by atoms with Crippen molar-refractivity contribution in [1.29, 1.82) is 0 Å². The van der Waals surface area contributed by atoms with Crippen LogP contribution < -0.4 is 0 Å². The molecule has 0 radical (unpaired) electrons. The first-order chi connectivity index (χ1) is 10.1. The van der Waals surface area contributed by atoms with E-state index in [2.05, 4.69) is 40.2 Å². The van der Waals surface area contributed by atoms with Crippen molar-refractivity contribution in [2.24, 2.45) is 0 Å². The van der Waals surface area contributed by atoms with Crippen molar-refractivity contribution >= 4 is 27.5 Å². The monoisotopic (exact) mass is 364 g/mol. The van der Waals surface area contributed by atoms with Gasteiger partial charge in [0.2, 0.25) is 0 Å². The van der Waals surface area contributed by atoms with Crippen LogP contribution in [0.1, 0.15) is 48.0 Å². The lowest BCUT2D eigenvalue weighted by Crippen LogP contribution is -2.13. The third kappa shape index (κ3) is 3.33. The molecule has 0 amide bonds. The van der Waals surface area contributed by atoms with E-state index in [4.69, 9.17) is 11.6 Å². The molecule has 0 aliphatic heterocycles. The second-order valence-electron chi connectivity index (χ2n) is 5.71. The summed E-state index contributed by atoms with van der Waals surface area (Å²) in [7, 11) is 0. The molecule has 0 heterocycles. The van der Waals surface area contributed by atoms with Gasteiger partial charge in [-0.05, 0) is 76.4 Å². The van der Waals surface area contributed by atoms with Crippen LogP contribution in [-0.2, 0) is 6.42 Å². The number of fused-ring (bicyclic) bond motifs is 1. The summed E-state index contributed by atoms with van der Waals surface area (Å²) in [4.78, 5) is 0. The first kappa shape index (κ1) is 15.1. The van der Waals surface area contributed by atoms with E-state index in [1.54, 1.807) is 0 Å². The molecule has 1 nitrogen and oxygen atoms in total. The van der Waals surface area contributed by atoms with E-state index in [0.717, 1.165) is 29.3 Å². The molecule has 3 heteroatoms. The maximum atomic E-state index is 10.5. The van der Waals surface area contributed by atoms with E-state index < -0.39 is 6.10 Å². The number of halogens is 2. The van der Waals surface area contributed by atoms with Crippen LogP contribution in [0.4, 0.5) is 0 Å². The first-order valence-corrected chi connectivity index (χ1v) is 8.53. The zero-order valence-corrected chi connectivity index (χ0v) is 14.1. The molecule has 2 atom stereocenters. The van der Waals surface area contributed by atoms with Gasteiger partial charge < -0.3 is 5.11 Å². The van der Waals surface area contributed by atoms with E-state index in [9.17, 15) is 5.11 Å². The molecule has 0 spiro atoms. The number of hydrogen-bond acceptors (Lipinski definition) is 1. The third-order valence-electron chi connectivity index (χ3n) is 4.33. The van der Waals surface area contributed by atoms with Crippen molar-refractivity contribution in [1.82, 2.24) is 0 Å². The normalized spacial score (nSPS) is 19.1. The Morgan fingerprint density at radius 3 is 2.86 bits per heavy atom. The van der Waals surface area contributed by atoms with Gasteiger partial charge in [-0.2, -0.15) is 0 Å². The van der Waals surface area contributed by atoms with Crippen LogP contribution in [0.2, 0.25) is 5.02 Å². The van der Waals surface area contributed by atoms with Gasteiger partial charge in [-0.3, -0.25) is 0 Å². The predicted octanol–water partition coefficient (Wildman–Crippen LogP) is 5.65. The zero-order valence-electron chi connectivity index (χ0n) is 11.7. The molecule has 0 saturated heterocycles. The maximum Gasteiger partial charge on any atom is 0.0796 e. The number of aliphatic hydroxyl groups is 1. The molecular weight excluding hydrogens is 348 g/mol. The van der Waals surface area contributed by atoms with E-state index in [0.29, 0.717) is 10.9 Å². The largest absolute Gasteiger partial charge is 0.388 e. The van der Waals surface area contributed by atoms with E-state index in [1.807, 2.05) is 18.2 Å². The molecule has 0 aromatic heterocycles. The molecule has 110 valence electrons. The summed E-state index contributed by atoms with van der Waals surface area (Å²) < 4.78 is 0.838. The molecule has 2 aromatic carbocycles. The lowest BCUT2D eigenvalue weighted by molar-refractivity contribution is 0.154. The second-order valence-corrected chi connectivity index (χ2v) is 6.97. The highest BCUT2D eigenvalue weighted by Crippen LogP contribution is 2.38. The molecule has 1 aliphatic carbocycles. The summed E-state index contributed by atoms with van der Waals surface area (Å²) in [6.07, 6.45) is 3.84. The van der Waals surface area contributed by atoms with Gasteiger partial charge in [-0.15, -0.1) is 0 Å². The van der Waals surface area contributed by atoms with Crippen molar-refractivity contribution in [3.8, 4) is 0 Å². The molecular formula is C18H18BrClO. The van der Waals surface area contributed by atoms with Crippen LogP contribution in [0.3, 0.4) is 0 Å². The van der Waals surface area contributed by atoms with E-state index >= 15 is 0 Å². The van der Waals surface area contributed by atoms with Gasteiger partial charge in [0, 0.05) is 4.47 Å². The maximum absolute atomic E-state index is 10.5. The highest BCUT2D eigenvalue weighted by Gasteiger charge is 2.23. The Kier molecular flexibility index (Phi) is 4.68. The molecule has 0 saturated carbocycles. The molecule has 2 aromatic rings. The van der Waals surface area contributed by atoms with Crippen molar-refractivity contribution in [3.63, 3.8) is 0 Å². The standard InChI is InChI=1S/C18H18BrClO/c19-16-10-14(8-9-17(16)20)18(21)11-13-6-3-5-12-4-1-2-7-15(12)13/h1-2,4,7-10,13,18,21H,3,5-6,11H2. The van der Waals surface area contributed by atoms with Gasteiger partial charge in [0.1, 0.15) is 0 Å². The highest BCUT2D eigenvalue weighted by molar-refractivity contribution is 9.10. The van der Waals surface area contributed by atoms with Crippen molar-refractivity contribution in [2.75, 3.05) is 0 Å². The first-order valence-electron chi connectivity index (χ1n) is 7.36. The smallest absolute Gasteiger partial charge is 0.0796 e. The summed E-state index contributed by atoms with van der Waals surface area (Å²) in [6, 6.07) is 14.3. The Hall–Kier alpha value is -0.830. The van der Waals surface area contributed by atoms with Gasteiger partial charge in [-0.25, -0.2) is 0 Å². The number of benzene rings is 2. The lowest BCUT2D eigenvalue weighted by atomic mass is 9.79. The number of aryl methyl sites for hydroxylation is 1. The summed E-state index contributed by atoms with van der Waals surface area (Å²) >= 11 is 9.44. The SMILES string of the molecule is OC(CC1CCCc2ccccc21)c1ccc(Cl)c(Br)c1. The highest BCUT2D eigenvalue weighted by atomic mass is 79.9. The second kappa shape index (κ2) is 6.51. The van der Waals surface area contributed by atoms with Gasteiger partial charge >= 0.3 is 0 Å². The fraction of sp³-hybridized carbons (Fsp3) is 0.333. The van der Waals surface area contributed by atoms with Crippen LogP contribution in [0.15, 0.2) is 46.9 Å². The Balaban J connectivity index is 1.79. The number of rotatable bonds is 3. The fourth-order valence-electron chi connectivity index (χ4n) is 3.22. The molecule has 2 unspecified atom stereocenters. The van der Waals surface area contributed by atoms with Crippen LogP contribution in [0, 0.1) is 0 Å². The van der Waals surface area contributed by atoms with Gasteiger partial charge in [0.25, 0.3) is 0 Å². The quantitative estimate of drug-likeness (QED) is 0.745. The van der Waals surface area contributed by atoms with Crippen molar-refractivity contribution in [3.05, 3.63) is 68.7 Å². The zero-order chi connectivity index (χ0) is 14.8. The number of aliphatic hydroxyl groups excluding tert-OH is 1. The molecule has 21 heavy (non-hydrogen) atoms. The molecule has 1 aliphatic rings. The summed E-state index contributed by atoms with van der Waals surface area (Å²) in [6.45, 7) is 0. The van der Waals surface area contributed by atoms with Crippen LogP contribution in [0.25, 0.3) is 0 Å². The Morgan fingerprint density at radius 2 is 2.05 bits per heavy atom. The predicted molar refractivity (Wildman–Crippen MR) is 90.8 cm³/mol. The summed E-state index contributed by atoms with van der Waals surface area (Å²) in [5.74, 6) is 0.444. The van der Waals surface area contributed by atoms with Gasteiger partial charge in [-0.1, -0.05) is 41.9 Å².